The molecule has 0 aromatic carbocycles. The molecule has 0 saturated heterocycles. The standard InChI is InChI=1S/C15H23N3O2/c1-11(12-6-8-16-9-7-12)17-15(20)18-14-5-3-2-4-13(14)10-19/h6-9,11,13-14,19H,2-5,10H2,1H3,(H2,17,18,20). The molecule has 20 heavy (non-hydrogen) atoms. The first-order chi connectivity index (χ1) is 9.70. The van der Waals surface area contributed by atoms with Crippen molar-refractivity contribution < 1.29 is 9.90 Å². The zero-order chi connectivity index (χ0) is 14.4. The first kappa shape index (κ1) is 14.8. The molecule has 3 atom stereocenters. The number of nitrogens with zero attached hydrogens (tertiary/aromatic N) is 1. The van der Waals surface area contributed by atoms with Gasteiger partial charge < -0.3 is 15.7 Å². The Kier molecular flexibility index (Phi) is 5.35. The lowest BCUT2D eigenvalue weighted by Gasteiger charge is -2.31. The van der Waals surface area contributed by atoms with Crippen molar-refractivity contribution in [1.29, 1.82) is 0 Å². The number of carbonyl (C=O) groups excluding carboxylic acids is 1. The van der Waals surface area contributed by atoms with Crippen LogP contribution in [0.3, 0.4) is 0 Å². The van der Waals surface area contributed by atoms with E-state index in [0.29, 0.717) is 0 Å². The van der Waals surface area contributed by atoms with Gasteiger partial charge in [-0.1, -0.05) is 12.8 Å². The van der Waals surface area contributed by atoms with Gasteiger partial charge in [-0.3, -0.25) is 4.98 Å². The third-order valence-electron chi connectivity index (χ3n) is 4.01. The maximum Gasteiger partial charge on any atom is 0.315 e. The molecule has 110 valence electrons. The van der Waals surface area contributed by atoms with Gasteiger partial charge in [-0.15, -0.1) is 0 Å². The molecule has 1 heterocycles. The van der Waals surface area contributed by atoms with Crippen molar-refractivity contribution in [1.82, 2.24) is 15.6 Å². The molecule has 5 nitrogen and oxygen atoms in total. The summed E-state index contributed by atoms with van der Waals surface area (Å²) in [5, 5.41) is 15.3. The van der Waals surface area contributed by atoms with E-state index in [-0.39, 0.29) is 30.6 Å². The quantitative estimate of drug-likeness (QED) is 0.788. The van der Waals surface area contributed by atoms with E-state index in [1.54, 1.807) is 12.4 Å². The van der Waals surface area contributed by atoms with Crippen LogP contribution in [0.4, 0.5) is 4.79 Å². The predicted molar refractivity (Wildman–Crippen MR) is 77.2 cm³/mol. The lowest BCUT2D eigenvalue weighted by molar-refractivity contribution is 0.153. The molecule has 1 aromatic rings. The topological polar surface area (TPSA) is 74.2 Å². The molecule has 2 amide bonds. The second kappa shape index (κ2) is 7.24. The van der Waals surface area contributed by atoms with Crippen molar-refractivity contribution in [2.75, 3.05) is 6.61 Å². The Balaban J connectivity index is 1.85. The van der Waals surface area contributed by atoms with E-state index in [2.05, 4.69) is 15.6 Å². The average Bonchev–Trinajstić information content (AvgIpc) is 2.48. The van der Waals surface area contributed by atoms with E-state index < -0.39 is 0 Å². The molecule has 1 saturated carbocycles. The lowest BCUT2D eigenvalue weighted by atomic mass is 9.85. The number of amides is 2. The summed E-state index contributed by atoms with van der Waals surface area (Å²) in [6.07, 6.45) is 7.62. The van der Waals surface area contributed by atoms with Gasteiger partial charge in [-0.2, -0.15) is 0 Å². The minimum atomic E-state index is -0.167. The largest absolute Gasteiger partial charge is 0.396 e. The molecule has 5 heteroatoms. The average molecular weight is 277 g/mol. The third kappa shape index (κ3) is 3.93. The molecule has 1 aliphatic carbocycles. The van der Waals surface area contributed by atoms with Crippen molar-refractivity contribution in [3.05, 3.63) is 30.1 Å². The summed E-state index contributed by atoms with van der Waals surface area (Å²) in [4.78, 5) is 16.0. The van der Waals surface area contributed by atoms with Crippen LogP contribution in [0.2, 0.25) is 0 Å². The van der Waals surface area contributed by atoms with Crippen LogP contribution in [0.25, 0.3) is 0 Å². The Bertz CT molecular complexity index is 424. The second-order valence-electron chi connectivity index (χ2n) is 5.45. The molecule has 0 spiro atoms. The Morgan fingerprint density at radius 1 is 1.40 bits per heavy atom. The number of aliphatic hydroxyl groups excluding tert-OH is 1. The number of pyridine rings is 1. The van der Waals surface area contributed by atoms with Crippen LogP contribution >= 0.6 is 0 Å². The van der Waals surface area contributed by atoms with Crippen LogP contribution in [0.15, 0.2) is 24.5 Å². The molecule has 1 fully saturated rings. The number of aliphatic hydroxyl groups is 1. The molecule has 1 aromatic heterocycles. The van der Waals surface area contributed by atoms with Crippen LogP contribution in [-0.4, -0.2) is 28.8 Å². The third-order valence-corrected chi connectivity index (χ3v) is 4.01. The molecule has 2 rings (SSSR count). The number of carbonyl (C=O) groups is 1. The summed E-state index contributed by atoms with van der Waals surface area (Å²) in [6, 6.07) is 3.64. The van der Waals surface area contributed by atoms with Crippen LogP contribution in [0, 0.1) is 5.92 Å². The molecule has 3 unspecified atom stereocenters. The summed E-state index contributed by atoms with van der Waals surface area (Å²) >= 11 is 0. The molecule has 0 bridgehead atoms. The van der Waals surface area contributed by atoms with Crippen LogP contribution in [-0.2, 0) is 0 Å². The second-order valence-corrected chi connectivity index (χ2v) is 5.45. The van der Waals surface area contributed by atoms with Crippen molar-refractivity contribution in [3.63, 3.8) is 0 Å². The highest BCUT2D eigenvalue weighted by Gasteiger charge is 2.26. The molecule has 0 radical (unpaired) electrons. The summed E-state index contributed by atoms with van der Waals surface area (Å²) in [7, 11) is 0. The Morgan fingerprint density at radius 2 is 2.10 bits per heavy atom. The number of rotatable bonds is 4. The van der Waals surface area contributed by atoms with Crippen molar-refractivity contribution in [2.24, 2.45) is 5.92 Å². The highest BCUT2D eigenvalue weighted by atomic mass is 16.3. The van der Waals surface area contributed by atoms with E-state index in [1.807, 2.05) is 19.1 Å². The van der Waals surface area contributed by atoms with Gasteiger partial charge in [0.05, 0.1) is 6.04 Å². The van der Waals surface area contributed by atoms with Crippen LogP contribution in [0.5, 0.6) is 0 Å². The zero-order valence-corrected chi connectivity index (χ0v) is 11.9. The fourth-order valence-corrected chi connectivity index (χ4v) is 2.76. The highest BCUT2D eigenvalue weighted by Crippen LogP contribution is 2.24. The first-order valence-corrected chi connectivity index (χ1v) is 7.28. The van der Waals surface area contributed by atoms with Gasteiger partial charge in [-0.05, 0) is 37.5 Å². The SMILES string of the molecule is CC(NC(=O)NC1CCCCC1CO)c1ccncc1. The summed E-state index contributed by atoms with van der Waals surface area (Å²) < 4.78 is 0. The number of nitrogens with one attached hydrogen (secondary N) is 2. The van der Waals surface area contributed by atoms with Gasteiger partial charge in [0.2, 0.25) is 0 Å². The van der Waals surface area contributed by atoms with Crippen LogP contribution in [0.1, 0.15) is 44.2 Å². The van der Waals surface area contributed by atoms with Crippen molar-refractivity contribution in [3.8, 4) is 0 Å². The van der Waals surface area contributed by atoms with E-state index in [0.717, 1.165) is 31.2 Å². The van der Waals surface area contributed by atoms with Gasteiger partial charge in [0.15, 0.2) is 0 Å². The summed E-state index contributed by atoms with van der Waals surface area (Å²) in [5.41, 5.74) is 1.03. The molecular weight excluding hydrogens is 254 g/mol. The van der Waals surface area contributed by atoms with Gasteiger partial charge in [-0.25, -0.2) is 4.79 Å². The normalized spacial score (nSPS) is 23.9. The first-order valence-electron chi connectivity index (χ1n) is 7.28. The number of hydrogen-bond acceptors (Lipinski definition) is 3. The predicted octanol–water partition coefficient (Wildman–Crippen LogP) is 1.99. The Hall–Kier alpha value is -1.62. The summed E-state index contributed by atoms with van der Waals surface area (Å²) in [5.74, 6) is 0.186. The van der Waals surface area contributed by atoms with Gasteiger partial charge >= 0.3 is 6.03 Å². The van der Waals surface area contributed by atoms with Gasteiger partial charge in [0.25, 0.3) is 0 Å². The Labute approximate surface area is 119 Å². The van der Waals surface area contributed by atoms with Crippen LogP contribution < -0.4 is 10.6 Å². The fraction of sp³-hybridized carbons (Fsp3) is 0.600. The van der Waals surface area contributed by atoms with E-state index in [1.165, 1.54) is 0 Å². The van der Waals surface area contributed by atoms with E-state index in [4.69, 9.17) is 0 Å². The minimum absolute atomic E-state index is 0.0610. The zero-order valence-electron chi connectivity index (χ0n) is 11.9. The van der Waals surface area contributed by atoms with Gasteiger partial charge in [0, 0.05) is 31.0 Å². The highest BCUT2D eigenvalue weighted by molar-refractivity contribution is 5.74. The molecule has 0 aliphatic heterocycles. The number of urea groups is 1. The lowest BCUT2D eigenvalue weighted by Crippen LogP contribution is -2.48. The van der Waals surface area contributed by atoms with Crippen molar-refractivity contribution in [2.45, 2.75) is 44.7 Å². The molecule has 3 N–H and O–H groups in total. The monoisotopic (exact) mass is 277 g/mol. The summed E-state index contributed by atoms with van der Waals surface area (Å²) in [6.45, 7) is 2.09. The minimum Gasteiger partial charge on any atom is -0.396 e. The Morgan fingerprint density at radius 3 is 2.80 bits per heavy atom. The molecular formula is C15H23N3O2. The smallest absolute Gasteiger partial charge is 0.315 e. The maximum absolute atomic E-state index is 12.0. The maximum atomic E-state index is 12.0. The van der Waals surface area contributed by atoms with E-state index in [9.17, 15) is 9.90 Å². The number of aromatic nitrogens is 1. The van der Waals surface area contributed by atoms with E-state index >= 15 is 0 Å². The fourth-order valence-electron chi connectivity index (χ4n) is 2.76. The van der Waals surface area contributed by atoms with Gasteiger partial charge in [0.1, 0.15) is 0 Å². The number of hydrogen-bond donors (Lipinski definition) is 3. The van der Waals surface area contributed by atoms with Crippen molar-refractivity contribution >= 4 is 6.03 Å². The molecule has 1 aliphatic rings.